The Labute approximate surface area is 163 Å². The summed E-state index contributed by atoms with van der Waals surface area (Å²) < 4.78 is 0. The normalized spacial score (nSPS) is 24.2. The lowest BCUT2D eigenvalue weighted by Gasteiger charge is -2.38. The number of hydrogen-bond acceptors (Lipinski definition) is 3. The number of piperidine rings is 1. The topological polar surface area (TPSA) is 35.6 Å². The van der Waals surface area contributed by atoms with Gasteiger partial charge in [0.05, 0.1) is 6.04 Å². The van der Waals surface area contributed by atoms with Gasteiger partial charge in [0.15, 0.2) is 0 Å². The van der Waals surface area contributed by atoms with Crippen LogP contribution in [0.5, 0.6) is 0 Å². The molecule has 1 atom stereocenters. The van der Waals surface area contributed by atoms with Crippen LogP contribution in [-0.4, -0.2) is 54.0 Å². The molecule has 0 aliphatic carbocycles. The molecular weight excluding hydrogens is 357 g/mol. The smallest absolute Gasteiger partial charge is 0.240 e. The Bertz CT molecular complexity index is 570. The van der Waals surface area contributed by atoms with Gasteiger partial charge >= 0.3 is 0 Å². The molecule has 3 aliphatic heterocycles. The van der Waals surface area contributed by atoms with Crippen LogP contribution in [-0.2, 0) is 17.8 Å². The van der Waals surface area contributed by atoms with Gasteiger partial charge in [-0.15, -0.1) is 24.8 Å². The zero-order valence-electron chi connectivity index (χ0n) is 14.7. The zero-order chi connectivity index (χ0) is 15.6. The highest BCUT2D eigenvalue weighted by molar-refractivity contribution is 5.85. The van der Waals surface area contributed by atoms with Crippen molar-refractivity contribution in [1.29, 1.82) is 0 Å². The van der Waals surface area contributed by atoms with Gasteiger partial charge in [-0.25, -0.2) is 0 Å². The van der Waals surface area contributed by atoms with Gasteiger partial charge in [-0.3, -0.25) is 4.79 Å². The highest BCUT2D eigenvalue weighted by Gasteiger charge is 2.32. The average molecular weight is 386 g/mol. The molecule has 25 heavy (non-hydrogen) atoms. The lowest BCUT2D eigenvalue weighted by molar-refractivity contribution is -0.135. The molecule has 0 aromatic heterocycles. The highest BCUT2D eigenvalue weighted by Crippen LogP contribution is 2.23. The maximum atomic E-state index is 12.8. The molecule has 3 aliphatic rings. The molecule has 6 heteroatoms. The molecule has 1 amide bonds. The molecular formula is C19H29Cl2N3O. The van der Waals surface area contributed by atoms with Gasteiger partial charge in [0.25, 0.3) is 0 Å². The largest absolute Gasteiger partial charge is 0.341 e. The van der Waals surface area contributed by atoms with Crippen molar-refractivity contribution in [3.8, 4) is 0 Å². The van der Waals surface area contributed by atoms with Crippen molar-refractivity contribution >= 4 is 30.7 Å². The second-order valence-corrected chi connectivity index (χ2v) is 7.21. The first-order chi connectivity index (χ1) is 11.3. The summed E-state index contributed by atoms with van der Waals surface area (Å²) in [6.07, 6.45) is 5.83. The summed E-state index contributed by atoms with van der Waals surface area (Å²) in [5.41, 5.74) is 2.67. The number of amides is 1. The van der Waals surface area contributed by atoms with Crippen LogP contribution in [0.4, 0.5) is 0 Å². The van der Waals surface area contributed by atoms with Crippen LogP contribution in [0.25, 0.3) is 0 Å². The Morgan fingerprint density at radius 3 is 2.28 bits per heavy atom. The van der Waals surface area contributed by atoms with E-state index in [1.54, 1.807) is 0 Å². The number of hydrogen-bond donors (Lipinski definition) is 1. The summed E-state index contributed by atoms with van der Waals surface area (Å²) in [4.78, 5) is 17.6. The van der Waals surface area contributed by atoms with Crippen molar-refractivity contribution in [1.82, 2.24) is 15.1 Å². The van der Waals surface area contributed by atoms with Crippen molar-refractivity contribution in [3.05, 3.63) is 35.4 Å². The van der Waals surface area contributed by atoms with E-state index in [9.17, 15) is 4.79 Å². The summed E-state index contributed by atoms with van der Waals surface area (Å²) >= 11 is 0. The second-order valence-electron chi connectivity index (χ2n) is 7.21. The number of benzene rings is 1. The number of rotatable bonds is 2. The van der Waals surface area contributed by atoms with E-state index < -0.39 is 0 Å². The third-order valence-electron chi connectivity index (χ3n) is 5.81. The predicted molar refractivity (Wildman–Crippen MR) is 106 cm³/mol. The first-order valence-electron chi connectivity index (χ1n) is 9.14. The molecule has 2 saturated heterocycles. The van der Waals surface area contributed by atoms with E-state index in [1.165, 1.54) is 37.1 Å². The molecule has 1 unspecified atom stereocenters. The molecule has 0 spiro atoms. The van der Waals surface area contributed by atoms with Crippen molar-refractivity contribution in [2.75, 3.05) is 26.2 Å². The minimum Gasteiger partial charge on any atom is -0.341 e. The standard InChI is InChI=1S/C19H27N3O.2ClH/c23-19(18-13-15-5-1-2-6-16(15)14-20-18)22-11-7-17(8-12-22)21-9-3-4-10-21;;/h1-2,5-6,17-18,20H,3-4,7-14H2;2*1H. The summed E-state index contributed by atoms with van der Waals surface area (Å²) in [7, 11) is 0. The molecule has 3 heterocycles. The van der Waals surface area contributed by atoms with Crippen LogP contribution in [0, 0.1) is 0 Å². The van der Waals surface area contributed by atoms with Crippen LogP contribution in [0.15, 0.2) is 24.3 Å². The number of carbonyl (C=O) groups is 1. The van der Waals surface area contributed by atoms with Gasteiger partial charge < -0.3 is 15.1 Å². The predicted octanol–water partition coefficient (Wildman–Crippen LogP) is 2.63. The average Bonchev–Trinajstić information content (AvgIpc) is 3.15. The summed E-state index contributed by atoms with van der Waals surface area (Å²) in [6, 6.07) is 9.15. The monoisotopic (exact) mass is 385 g/mol. The summed E-state index contributed by atoms with van der Waals surface area (Å²) in [5.74, 6) is 0.305. The highest BCUT2D eigenvalue weighted by atomic mass is 35.5. The molecule has 140 valence electrons. The fourth-order valence-electron chi connectivity index (χ4n) is 4.41. The number of nitrogens with zero attached hydrogens (tertiary/aromatic N) is 2. The van der Waals surface area contributed by atoms with E-state index in [-0.39, 0.29) is 30.9 Å². The molecule has 4 rings (SSSR count). The third kappa shape index (κ3) is 4.48. The summed E-state index contributed by atoms with van der Waals surface area (Å²) in [5, 5.41) is 3.44. The van der Waals surface area contributed by atoms with E-state index in [0.29, 0.717) is 11.9 Å². The van der Waals surface area contributed by atoms with Crippen molar-refractivity contribution < 1.29 is 4.79 Å². The van der Waals surface area contributed by atoms with Crippen LogP contribution in [0.2, 0.25) is 0 Å². The quantitative estimate of drug-likeness (QED) is 0.849. The Morgan fingerprint density at radius 1 is 0.960 bits per heavy atom. The van der Waals surface area contributed by atoms with Gasteiger partial charge in [0.1, 0.15) is 0 Å². The van der Waals surface area contributed by atoms with E-state index in [0.717, 1.165) is 38.9 Å². The Morgan fingerprint density at radius 2 is 1.60 bits per heavy atom. The first-order valence-corrected chi connectivity index (χ1v) is 9.14. The third-order valence-corrected chi connectivity index (χ3v) is 5.81. The molecule has 0 bridgehead atoms. The van der Waals surface area contributed by atoms with Gasteiger partial charge in [-0.1, -0.05) is 24.3 Å². The lowest BCUT2D eigenvalue weighted by Crippen LogP contribution is -2.53. The van der Waals surface area contributed by atoms with Crippen LogP contribution >= 0.6 is 24.8 Å². The molecule has 1 aromatic carbocycles. The van der Waals surface area contributed by atoms with Crippen LogP contribution in [0.3, 0.4) is 0 Å². The first kappa shape index (κ1) is 20.5. The van der Waals surface area contributed by atoms with Crippen molar-refractivity contribution in [2.45, 2.75) is 50.7 Å². The lowest BCUT2D eigenvalue weighted by atomic mass is 9.94. The van der Waals surface area contributed by atoms with Crippen LogP contribution < -0.4 is 5.32 Å². The molecule has 0 radical (unpaired) electrons. The second kappa shape index (κ2) is 9.22. The minimum absolute atomic E-state index is 0. The van der Waals surface area contributed by atoms with E-state index in [2.05, 4.69) is 39.4 Å². The summed E-state index contributed by atoms with van der Waals surface area (Å²) in [6.45, 7) is 5.20. The van der Waals surface area contributed by atoms with E-state index >= 15 is 0 Å². The maximum absolute atomic E-state index is 12.8. The zero-order valence-corrected chi connectivity index (χ0v) is 16.3. The van der Waals surface area contributed by atoms with E-state index in [4.69, 9.17) is 0 Å². The Kier molecular flexibility index (Phi) is 7.56. The Balaban J connectivity index is 0.00000113. The van der Waals surface area contributed by atoms with Gasteiger partial charge in [0.2, 0.25) is 5.91 Å². The maximum Gasteiger partial charge on any atom is 0.240 e. The number of likely N-dealkylation sites (tertiary alicyclic amines) is 2. The van der Waals surface area contributed by atoms with Gasteiger partial charge in [-0.05, 0) is 56.3 Å². The molecule has 2 fully saturated rings. The van der Waals surface area contributed by atoms with Crippen molar-refractivity contribution in [2.24, 2.45) is 0 Å². The number of fused-ring (bicyclic) bond motifs is 1. The minimum atomic E-state index is -0.0340. The van der Waals surface area contributed by atoms with Gasteiger partial charge in [-0.2, -0.15) is 0 Å². The molecule has 0 saturated carbocycles. The van der Waals surface area contributed by atoms with Crippen LogP contribution in [0.1, 0.15) is 36.8 Å². The van der Waals surface area contributed by atoms with Gasteiger partial charge in [0, 0.05) is 25.7 Å². The number of nitrogens with one attached hydrogen (secondary N) is 1. The molecule has 1 N–H and O–H groups in total. The number of carbonyl (C=O) groups excluding carboxylic acids is 1. The number of halogens is 2. The van der Waals surface area contributed by atoms with Crippen molar-refractivity contribution in [3.63, 3.8) is 0 Å². The SMILES string of the molecule is Cl.Cl.O=C(C1Cc2ccccc2CN1)N1CCC(N2CCCC2)CC1. The Hall–Kier alpha value is -0.810. The fraction of sp³-hybridized carbons (Fsp3) is 0.632. The molecule has 1 aromatic rings. The fourth-order valence-corrected chi connectivity index (χ4v) is 4.41. The molecule has 4 nitrogen and oxygen atoms in total. The van der Waals surface area contributed by atoms with E-state index in [1.807, 2.05) is 0 Å².